The Hall–Kier alpha value is 4.40. The zero-order valence-electron chi connectivity index (χ0n) is 11.3. The van der Waals surface area contributed by atoms with Gasteiger partial charge in [0.05, 0.1) is 0 Å². The third kappa shape index (κ3) is 10.3. The van der Waals surface area contributed by atoms with Gasteiger partial charge in [0.1, 0.15) is 0 Å². The molecule has 0 saturated heterocycles. The minimum atomic E-state index is -6.17. The Balaban J connectivity index is -0.0000000451. The van der Waals surface area contributed by atoms with Crippen molar-refractivity contribution in [3.63, 3.8) is 0 Å². The van der Waals surface area contributed by atoms with Gasteiger partial charge in [0.15, 0.2) is 0 Å². The molecule has 0 fully saturated rings. The molecule has 0 aliphatic rings. The summed E-state index contributed by atoms with van der Waals surface area (Å²) in [6.45, 7) is 0. The van der Waals surface area contributed by atoms with Gasteiger partial charge in [-0.2, -0.15) is 0 Å². The standard InChI is InChI=1S/6CN.Fe.4K.HNO2.Na.H/c6*1-2;;;;;;2-1-3;;/h;;;;;;;;;;;(H,2,3);;/q;;;;;;-3;4*+1;;;/p-1. The fraction of sp³-hybridized carbons (Fsp3) is 0. The number of hydrogen-bond donors (Lipinski definition) is 0. The van der Waals surface area contributed by atoms with Crippen molar-refractivity contribution in [1.29, 1.82) is 31.6 Å². The molecule has 0 atom stereocenters. The van der Waals surface area contributed by atoms with Gasteiger partial charge in [-0.1, -0.05) is 0 Å². The molecule has 0 spiro atoms. The molecule has 85 valence electrons. The van der Waals surface area contributed by atoms with E-state index in [1.54, 1.807) is 0 Å². The summed E-state index contributed by atoms with van der Waals surface area (Å²) in [6, 6.07) is 0. The van der Waals surface area contributed by atoms with Gasteiger partial charge in [-0.25, -0.2) is 0 Å². The molecule has 0 aromatic carbocycles. The molecule has 21 heavy (non-hydrogen) atoms. The molecule has 9 nitrogen and oxygen atoms in total. The first kappa shape index (κ1) is 44.7. The Labute approximate surface area is 312 Å². The summed E-state index contributed by atoms with van der Waals surface area (Å²) < 4.78 is 0. The van der Waals surface area contributed by atoms with E-state index in [2.05, 4.69) is 0 Å². The third-order valence-electron chi connectivity index (χ3n) is 1.19. The molecule has 0 heterocycles. The van der Waals surface area contributed by atoms with E-state index in [1.165, 1.54) is 0 Å². The topological polar surface area (TPSA) is 195 Å². The maximum absolute atomic E-state index is 8.58. The SMILES string of the molecule is N#[C][Fe-3]([C]#N)([C]#N)([C]#N)([C]#N)[C]#N.O=N[O-].[K+].[K+].[K+].[K+].[NaH]. The van der Waals surface area contributed by atoms with Crippen LogP contribution in [0.25, 0.3) is 0 Å². The first-order valence-electron chi connectivity index (χ1n) is 2.77. The van der Waals surface area contributed by atoms with E-state index in [4.69, 9.17) is 41.7 Å². The molecule has 0 aliphatic carbocycles. The minimum absolute atomic E-state index is 0. The van der Waals surface area contributed by atoms with E-state index in [0.717, 1.165) is 35.1 Å². The van der Waals surface area contributed by atoms with Crippen molar-refractivity contribution in [2.45, 2.75) is 0 Å². The van der Waals surface area contributed by atoms with Gasteiger partial charge in [-0.05, 0) is 0 Å². The first-order chi connectivity index (χ1) is 7.39. The monoisotopic (exact) mass is 438 g/mol. The van der Waals surface area contributed by atoms with Gasteiger partial charge in [-0.15, -0.1) is 5.34 Å². The molecule has 0 amide bonds. The van der Waals surface area contributed by atoms with Gasteiger partial charge in [0.25, 0.3) is 0 Å². The Morgan fingerprint density at radius 2 is 0.762 bits per heavy atom. The maximum atomic E-state index is 8.58. The van der Waals surface area contributed by atoms with Gasteiger partial charge in [-0.3, -0.25) is 0 Å². The van der Waals surface area contributed by atoms with Crippen LogP contribution in [0.5, 0.6) is 0 Å². The predicted octanol–water partition coefficient (Wildman–Crippen LogP) is -12.3. The second kappa shape index (κ2) is 19.2. The third-order valence-corrected chi connectivity index (χ3v) is 4.89. The van der Waals surface area contributed by atoms with Crippen LogP contribution in [0, 0.1) is 71.5 Å². The Morgan fingerprint density at radius 1 is 0.667 bits per heavy atom. The molecule has 0 N–H and O–H groups in total. The van der Waals surface area contributed by atoms with Crippen LogP contribution < -0.4 is 206 Å². The Kier molecular flexibility index (Phi) is 40.8. The zero-order valence-corrected chi connectivity index (χ0v) is 24.9. The summed E-state index contributed by atoms with van der Waals surface area (Å²) in [5, 5.41) is 60.5. The molecule has 0 aromatic rings. The molecule has 0 aromatic heterocycles. The van der Waals surface area contributed by atoms with E-state index in [9.17, 15) is 0 Å². The van der Waals surface area contributed by atoms with Crippen LogP contribution in [0.15, 0.2) is 5.34 Å². The quantitative estimate of drug-likeness (QED) is 0.202. The average molecular weight is 438 g/mol. The van der Waals surface area contributed by atoms with Crippen molar-refractivity contribution in [2.75, 3.05) is 0 Å². The van der Waals surface area contributed by atoms with Crippen molar-refractivity contribution >= 4 is 29.6 Å². The molecule has 0 aliphatic heterocycles. The van der Waals surface area contributed by atoms with E-state index in [1.807, 2.05) is 0 Å². The van der Waals surface area contributed by atoms with Gasteiger partial charge in [0.2, 0.25) is 0 Å². The molecule has 0 rings (SSSR count). The molecule has 0 unspecified atom stereocenters. The fourth-order valence-electron chi connectivity index (χ4n) is 0.265. The number of nitriles is 6. The molecule has 0 radical (unpaired) electrons. The summed E-state index contributed by atoms with van der Waals surface area (Å²) in [4.78, 5) is 14.2. The van der Waals surface area contributed by atoms with Crippen LogP contribution in [-0.2, 0) is 10.7 Å². The van der Waals surface area contributed by atoms with Crippen LogP contribution in [0.1, 0.15) is 0 Å². The fourth-order valence-corrected chi connectivity index (χ4v) is 1.09. The summed E-state index contributed by atoms with van der Waals surface area (Å²) in [5.41, 5.74) is 0. The molecular formula is C6HFeK4N7NaO2. The summed E-state index contributed by atoms with van der Waals surface area (Å²) in [6.07, 6.45) is 0. The Morgan fingerprint density at radius 3 is 0.762 bits per heavy atom. The average Bonchev–Trinajstić information content (AvgIpc) is 2.37. The van der Waals surface area contributed by atoms with Crippen LogP contribution in [0.3, 0.4) is 0 Å². The summed E-state index contributed by atoms with van der Waals surface area (Å²) >= 11 is 0. The van der Waals surface area contributed by atoms with E-state index >= 15 is 0 Å². The van der Waals surface area contributed by atoms with Crippen molar-refractivity contribution < 1.29 is 216 Å². The van der Waals surface area contributed by atoms with Crippen molar-refractivity contribution in [3.05, 3.63) is 10.1 Å². The van der Waals surface area contributed by atoms with Crippen molar-refractivity contribution in [3.8, 4) is 29.8 Å². The second-order valence-corrected chi connectivity index (χ2v) is 7.50. The van der Waals surface area contributed by atoms with Gasteiger partial charge in [0, 0.05) is 0 Å². The normalized spacial score (nSPS) is 8.86. The first-order valence-corrected chi connectivity index (χ1v) is 6.08. The van der Waals surface area contributed by atoms with Crippen LogP contribution in [0.2, 0.25) is 0 Å². The molecule has 15 heteroatoms. The molecule has 0 saturated carbocycles. The van der Waals surface area contributed by atoms with Gasteiger partial charge >= 0.3 is 307 Å². The number of nitrogens with zero attached hydrogens (tertiary/aromatic N) is 7. The molecular weight excluding hydrogens is 437 g/mol. The number of hydrogen-bond acceptors (Lipinski definition) is 9. The van der Waals surface area contributed by atoms with Crippen LogP contribution >= 0.6 is 0 Å². The van der Waals surface area contributed by atoms with E-state index in [-0.39, 0.29) is 235 Å². The van der Waals surface area contributed by atoms with Crippen LogP contribution in [-0.4, -0.2) is 29.6 Å². The Bertz CT molecular complexity index is 458. The van der Waals surface area contributed by atoms with E-state index < -0.39 is 10.7 Å². The zero-order chi connectivity index (χ0) is 13.4. The van der Waals surface area contributed by atoms with Gasteiger partial charge < -0.3 is 10.1 Å². The molecule has 0 bridgehead atoms. The second-order valence-electron chi connectivity index (χ2n) is 1.87. The predicted molar refractivity (Wildman–Crippen MR) is 50.0 cm³/mol. The van der Waals surface area contributed by atoms with E-state index in [0.29, 0.717) is 0 Å². The summed E-state index contributed by atoms with van der Waals surface area (Å²) in [5.74, 6) is 0. The summed E-state index contributed by atoms with van der Waals surface area (Å²) in [7, 11) is -6.17. The van der Waals surface area contributed by atoms with Crippen molar-refractivity contribution in [2.24, 2.45) is 5.34 Å². The van der Waals surface area contributed by atoms with Crippen LogP contribution in [0.4, 0.5) is 0 Å². The van der Waals surface area contributed by atoms with Crippen molar-refractivity contribution in [1.82, 2.24) is 0 Å². The number of rotatable bonds is 0.